The van der Waals surface area contributed by atoms with E-state index in [4.69, 9.17) is 9.47 Å². The van der Waals surface area contributed by atoms with Crippen molar-refractivity contribution >= 4 is 5.91 Å². The maximum absolute atomic E-state index is 13.0. The van der Waals surface area contributed by atoms with Crippen molar-refractivity contribution in [1.29, 1.82) is 0 Å². The van der Waals surface area contributed by atoms with Gasteiger partial charge in [-0.05, 0) is 57.8 Å². The van der Waals surface area contributed by atoms with E-state index in [1.54, 1.807) is 6.08 Å². The van der Waals surface area contributed by atoms with Crippen molar-refractivity contribution in [1.82, 2.24) is 5.32 Å². The van der Waals surface area contributed by atoms with Gasteiger partial charge >= 0.3 is 0 Å². The third kappa shape index (κ3) is 34.2. The quantitative estimate of drug-likeness (QED) is 0.0262. The van der Waals surface area contributed by atoms with Crippen LogP contribution in [0.3, 0.4) is 0 Å². The van der Waals surface area contributed by atoms with Gasteiger partial charge in [0.05, 0.1) is 25.4 Å². The smallest absolute Gasteiger partial charge is 0.220 e. The van der Waals surface area contributed by atoms with Gasteiger partial charge in [0.25, 0.3) is 0 Å². The molecular weight excluding hydrogens is 803 g/mol. The molecule has 1 amide bonds. The van der Waals surface area contributed by atoms with Gasteiger partial charge in [0.1, 0.15) is 24.4 Å². The van der Waals surface area contributed by atoms with E-state index in [0.717, 1.165) is 64.2 Å². The molecule has 9 nitrogen and oxygen atoms in total. The molecule has 1 heterocycles. The highest BCUT2D eigenvalue weighted by Crippen LogP contribution is 2.23. The van der Waals surface area contributed by atoms with Gasteiger partial charge in [-0.2, -0.15) is 0 Å². The molecule has 372 valence electrons. The molecule has 0 bridgehead atoms. The van der Waals surface area contributed by atoms with E-state index in [-0.39, 0.29) is 12.5 Å². The van der Waals surface area contributed by atoms with Gasteiger partial charge in [0.2, 0.25) is 5.91 Å². The number of hydrogen-bond donors (Lipinski definition) is 6. The molecule has 1 fully saturated rings. The van der Waals surface area contributed by atoms with E-state index in [2.05, 4.69) is 67.8 Å². The van der Waals surface area contributed by atoms with Crippen molar-refractivity contribution in [2.24, 2.45) is 0 Å². The van der Waals surface area contributed by atoms with E-state index in [1.165, 1.54) is 141 Å². The van der Waals surface area contributed by atoms with Crippen molar-refractivity contribution in [2.45, 2.75) is 269 Å². The fourth-order valence-electron chi connectivity index (χ4n) is 8.15. The Balaban J connectivity index is 2.17. The van der Waals surface area contributed by atoms with Gasteiger partial charge in [0, 0.05) is 6.42 Å². The summed E-state index contributed by atoms with van der Waals surface area (Å²) in [6.45, 7) is 3.65. The molecule has 0 aromatic heterocycles. The van der Waals surface area contributed by atoms with Crippen molar-refractivity contribution in [2.75, 3.05) is 13.2 Å². The second-order valence-electron chi connectivity index (χ2n) is 18.3. The zero-order valence-corrected chi connectivity index (χ0v) is 41.0. The van der Waals surface area contributed by atoms with Gasteiger partial charge in [-0.3, -0.25) is 4.79 Å². The summed E-state index contributed by atoms with van der Waals surface area (Å²) < 4.78 is 11.2. The Bertz CT molecular complexity index is 1180. The maximum Gasteiger partial charge on any atom is 0.220 e. The van der Waals surface area contributed by atoms with E-state index in [9.17, 15) is 30.3 Å². The van der Waals surface area contributed by atoms with Crippen LogP contribution in [0.15, 0.2) is 60.8 Å². The van der Waals surface area contributed by atoms with E-state index in [0.29, 0.717) is 6.42 Å². The van der Waals surface area contributed by atoms with Gasteiger partial charge in [-0.25, -0.2) is 0 Å². The summed E-state index contributed by atoms with van der Waals surface area (Å²) in [7, 11) is 0. The topological polar surface area (TPSA) is 149 Å². The number of ether oxygens (including phenoxy) is 2. The fourth-order valence-corrected chi connectivity index (χ4v) is 8.15. The number of aliphatic hydroxyl groups is 5. The van der Waals surface area contributed by atoms with E-state index >= 15 is 0 Å². The molecule has 0 aliphatic carbocycles. The summed E-state index contributed by atoms with van der Waals surface area (Å²) in [6.07, 6.45) is 52.8. The highest BCUT2D eigenvalue weighted by Gasteiger charge is 2.44. The Morgan fingerprint density at radius 1 is 0.547 bits per heavy atom. The zero-order valence-electron chi connectivity index (χ0n) is 41.0. The van der Waals surface area contributed by atoms with E-state index in [1.807, 2.05) is 6.08 Å². The molecule has 1 rings (SSSR count). The zero-order chi connectivity index (χ0) is 46.6. The molecule has 6 N–H and O–H groups in total. The summed E-state index contributed by atoms with van der Waals surface area (Å²) in [4.78, 5) is 13.0. The normalized spacial score (nSPS) is 20.5. The summed E-state index contributed by atoms with van der Waals surface area (Å²) >= 11 is 0. The largest absolute Gasteiger partial charge is 0.394 e. The van der Waals surface area contributed by atoms with Crippen LogP contribution < -0.4 is 5.32 Å². The Hall–Kier alpha value is -2.11. The first-order valence-corrected chi connectivity index (χ1v) is 26.5. The summed E-state index contributed by atoms with van der Waals surface area (Å²) in [5.74, 6) is -0.178. The van der Waals surface area contributed by atoms with Crippen LogP contribution in [0.4, 0.5) is 0 Å². The van der Waals surface area contributed by atoms with Crippen LogP contribution in [0.25, 0.3) is 0 Å². The number of amides is 1. The van der Waals surface area contributed by atoms with Crippen LogP contribution in [0.2, 0.25) is 0 Å². The predicted molar refractivity (Wildman–Crippen MR) is 267 cm³/mol. The van der Waals surface area contributed by atoms with Crippen molar-refractivity contribution in [3.8, 4) is 0 Å². The second-order valence-corrected chi connectivity index (χ2v) is 18.3. The fraction of sp³-hybridized carbons (Fsp3) is 0.800. The number of carbonyl (C=O) groups excluding carboxylic acids is 1. The Labute approximate surface area is 392 Å². The molecule has 7 unspecified atom stereocenters. The first-order chi connectivity index (χ1) is 31.3. The third-order valence-electron chi connectivity index (χ3n) is 12.3. The first-order valence-electron chi connectivity index (χ1n) is 26.5. The minimum absolute atomic E-state index is 0.178. The molecule has 64 heavy (non-hydrogen) atoms. The molecule has 1 aliphatic rings. The lowest BCUT2D eigenvalue weighted by Crippen LogP contribution is -2.60. The van der Waals surface area contributed by atoms with Crippen LogP contribution in [-0.4, -0.2) is 87.5 Å². The number of aliphatic hydroxyl groups excluding tert-OH is 5. The average Bonchev–Trinajstić information content (AvgIpc) is 3.29. The summed E-state index contributed by atoms with van der Waals surface area (Å²) in [5.41, 5.74) is 0. The third-order valence-corrected chi connectivity index (χ3v) is 12.3. The van der Waals surface area contributed by atoms with Gasteiger partial charge in [0.15, 0.2) is 6.29 Å². The predicted octanol–water partition coefficient (Wildman–Crippen LogP) is 12.3. The number of rotatable bonds is 44. The molecule has 1 aliphatic heterocycles. The average molecular weight is 902 g/mol. The molecule has 7 atom stereocenters. The van der Waals surface area contributed by atoms with Gasteiger partial charge in [-0.1, -0.05) is 222 Å². The minimum atomic E-state index is -1.57. The lowest BCUT2D eigenvalue weighted by molar-refractivity contribution is -0.302. The van der Waals surface area contributed by atoms with Crippen molar-refractivity contribution in [3.05, 3.63) is 60.8 Å². The maximum atomic E-state index is 13.0. The number of allylic oxidation sites excluding steroid dienone is 9. The number of carbonyl (C=O) groups is 1. The lowest BCUT2D eigenvalue weighted by Gasteiger charge is -2.40. The molecule has 1 saturated heterocycles. The summed E-state index contributed by atoms with van der Waals surface area (Å²) in [6, 6.07) is -0.804. The second kappa shape index (κ2) is 44.7. The SMILES string of the molecule is CC/C=C\C/C=C\C/C=C\C/C=C\CCCCCCCCCCCCCCCCCCC(=O)NC(COC1OC(CO)C(O)C(O)C1O)C(O)/C=C/CCCCCCCCCCCC. The monoisotopic (exact) mass is 902 g/mol. The minimum Gasteiger partial charge on any atom is -0.394 e. The van der Waals surface area contributed by atoms with Gasteiger partial charge < -0.3 is 40.3 Å². The Morgan fingerprint density at radius 3 is 1.44 bits per heavy atom. The van der Waals surface area contributed by atoms with E-state index < -0.39 is 49.5 Å². The van der Waals surface area contributed by atoms with Gasteiger partial charge in [-0.15, -0.1) is 0 Å². The molecule has 9 heteroatoms. The highest BCUT2D eigenvalue weighted by molar-refractivity contribution is 5.76. The van der Waals surface area contributed by atoms with Crippen molar-refractivity contribution in [3.63, 3.8) is 0 Å². The van der Waals surface area contributed by atoms with Crippen LogP contribution >= 0.6 is 0 Å². The number of nitrogens with one attached hydrogen (secondary N) is 1. The lowest BCUT2D eigenvalue weighted by atomic mass is 9.99. The molecule has 0 aromatic carbocycles. The Kier molecular flexibility index (Phi) is 41.9. The van der Waals surface area contributed by atoms with Crippen molar-refractivity contribution < 1.29 is 39.8 Å². The summed E-state index contributed by atoms with van der Waals surface area (Å²) in [5, 5.41) is 54.3. The standard InChI is InChI=1S/C55H99NO8/c1-3-5-7-9-11-13-15-17-18-19-20-21-22-23-24-25-26-27-28-29-30-31-32-33-35-37-39-41-43-45-51(59)56-48(47-63-55-54(62)53(61)52(60)50(46-57)64-55)49(58)44-42-40-38-36-34-16-14-12-10-8-6-4-2/h5,7,11,13,17-18,20-21,42,44,48-50,52-55,57-58,60-62H,3-4,6,8-10,12,14-16,19,22-41,43,45-47H2,1-2H3,(H,56,59)/b7-5-,13-11-,18-17-,21-20-,44-42+. The molecule has 0 spiro atoms. The number of hydrogen-bond acceptors (Lipinski definition) is 8. The molecule has 0 radical (unpaired) electrons. The molecule has 0 saturated carbocycles. The van der Waals surface area contributed by atoms with Crippen LogP contribution in [0.1, 0.15) is 226 Å². The Morgan fingerprint density at radius 2 is 0.969 bits per heavy atom. The molecule has 0 aromatic rings. The highest BCUT2D eigenvalue weighted by atomic mass is 16.7. The first kappa shape index (κ1) is 59.9. The number of unbranched alkanes of at least 4 members (excludes halogenated alkanes) is 26. The van der Waals surface area contributed by atoms with Crippen LogP contribution in [0.5, 0.6) is 0 Å². The van der Waals surface area contributed by atoms with Crippen LogP contribution in [0, 0.1) is 0 Å². The van der Waals surface area contributed by atoms with Crippen LogP contribution in [-0.2, 0) is 14.3 Å². The molecular formula is C55H99NO8.